The summed E-state index contributed by atoms with van der Waals surface area (Å²) in [4.78, 5) is 18.9. The van der Waals surface area contributed by atoms with E-state index in [0.29, 0.717) is 27.8 Å². The van der Waals surface area contributed by atoms with Crippen LogP contribution in [0.5, 0.6) is 11.8 Å². The van der Waals surface area contributed by atoms with Gasteiger partial charge in [-0.25, -0.2) is 4.79 Å². The van der Waals surface area contributed by atoms with Crippen LogP contribution in [0.3, 0.4) is 0 Å². The molecule has 30 heavy (non-hydrogen) atoms. The predicted molar refractivity (Wildman–Crippen MR) is 119 cm³/mol. The van der Waals surface area contributed by atoms with Crippen molar-refractivity contribution in [2.24, 2.45) is 0 Å². The fraction of sp³-hybridized carbons (Fsp3) is 0.167. The molecule has 1 heterocycles. The Balaban J connectivity index is 1.70. The van der Waals surface area contributed by atoms with Crippen molar-refractivity contribution >= 4 is 28.6 Å². The molecule has 0 aliphatic carbocycles. The molecule has 0 spiro atoms. The standard InChI is InChI=1S/C24H21ClN2O3/c1-13(2)15-5-4-6-16(9-15)19-11-21-22(12-20(19)25)27-24(26-21)30-17-8-7-14(3)18(10-17)23(28)29/h4-13H,1-3H3,(H,26,27)(H,28,29). The summed E-state index contributed by atoms with van der Waals surface area (Å²) in [7, 11) is 0. The molecule has 4 rings (SSSR count). The third kappa shape index (κ3) is 3.89. The summed E-state index contributed by atoms with van der Waals surface area (Å²) in [6, 6.07) is 17.2. The Labute approximate surface area is 179 Å². The maximum atomic E-state index is 11.3. The van der Waals surface area contributed by atoms with E-state index >= 15 is 0 Å². The van der Waals surface area contributed by atoms with Gasteiger partial charge < -0.3 is 14.8 Å². The molecule has 0 saturated heterocycles. The first-order chi connectivity index (χ1) is 14.3. The van der Waals surface area contributed by atoms with Crippen molar-refractivity contribution in [3.63, 3.8) is 0 Å². The average Bonchev–Trinajstić information content (AvgIpc) is 3.09. The molecule has 0 aliphatic heterocycles. The molecule has 0 fully saturated rings. The summed E-state index contributed by atoms with van der Waals surface area (Å²) in [5.41, 5.74) is 5.48. The van der Waals surface area contributed by atoms with Gasteiger partial charge in [0.25, 0.3) is 6.01 Å². The molecular formula is C24H21ClN2O3. The molecule has 5 nitrogen and oxygen atoms in total. The number of H-pyrrole nitrogens is 1. The van der Waals surface area contributed by atoms with Crippen LogP contribution in [0.2, 0.25) is 5.02 Å². The monoisotopic (exact) mass is 420 g/mol. The van der Waals surface area contributed by atoms with Gasteiger partial charge in [0.1, 0.15) is 5.75 Å². The average molecular weight is 421 g/mol. The summed E-state index contributed by atoms with van der Waals surface area (Å²) in [5.74, 6) is -0.182. The SMILES string of the molecule is Cc1ccc(Oc2nc3cc(-c4cccc(C(C)C)c4)c(Cl)cc3[nH]2)cc1C(=O)O. The number of aromatic nitrogens is 2. The number of carbonyl (C=O) groups is 1. The lowest BCUT2D eigenvalue weighted by Gasteiger charge is -2.09. The number of nitrogens with one attached hydrogen (secondary N) is 1. The molecule has 4 aromatic rings. The van der Waals surface area contributed by atoms with Gasteiger partial charge in [-0.2, -0.15) is 4.98 Å². The summed E-state index contributed by atoms with van der Waals surface area (Å²) >= 11 is 6.56. The van der Waals surface area contributed by atoms with Crippen molar-refractivity contribution in [3.8, 4) is 22.9 Å². The molecule has 2 N–H and O–H groups in total. The quantitative estimate of drug-likeness (QED) is 0.372. The fourth-order valence-electron chi connectivity index (χ4n) is 3.35. The molecule has 0 saturated carbocycles. The van der Waals surface area contributed by atoms with E-state index in [0.717, 1.165) is 16.6 Å². The number of rotatable bonds is 5. The van der Waals surface area contributed by atoms with Crippen LogP contribution >= 0.6 is 11.6 Å². The maximum absolute atomic E-state index is 11.3. The van der Waals surface area contributed by atoms with Gasteiger partial charge >= 0.3 is 5.97 Å². The molecule has 0 unspecified atom stereocenters. The van der Waals surface area contributed by atoms with Gasteiger partial charge in [0.15, 0.2) is 0 Å². The molecule has 3 aromatic carbocycles. The van der Waals surface area contributed by atoms with E-state index in [9.17, 15) is 9.90 Å². The Morgan fingerprint density at radius 3 is 2.67 bits per heavy atom. The van der Waals surface area contributed by atoms with Crippen molar-refractivity contribution in [3.05, 3.63) is 76.3 Å². The van der Waals surface area contributed by atoms with E-state index in [4.69, 9.17) is 16.3 Å². The Morgan fingerprint density at radius 1 is 1.13 bits per heavy atom. The van der Waals surface area contributed by atoms with Crippen molar-refractivity contribution < 1.29 is 14.6 Å². The minimum atomic E-state index is -0.998. The number of aryl methyl sites for hydroxylation is 1. The zero-order valence-electron chi connectivity index (χ0n) is 16.9. The smallest absolute Gasteiger partial charge is 0.336 e. The van der Waals surface area contributed by atoms with E-state index in [1.165, 1.54) is 11.6 Å². The van der Waals surface area contributed by atoms with Crippen LogP contribution in [0.15, 0.2) is 54.6 Å². The van der Waals surface area contributed by atoms with Gasteiger partial charge in [-0.3, -0.25) is 0 Å². The second-order valence-electron chi connectivity index (χ2n) is 7.56. The molecular weight excluding hydrogens is 400 g/mol. The second kappa shape index (κ2) is 7.84. The van der Waals surface area contributed by atoms with Crippen molar-refractivity contribution in [1.29, 1.82) is 0 Å². The number of hydrogen-bond acceptors (Lipinski definition) is 3. The third-order valence-corrected chi connectivity index (χ3v) is 5.38. The minimum Gasteiger partial charge on any atom is -0.478 e. The highest BCUT2D eigenvalue weighted by Gasteiger charge is 2.13. The molecule has 152 valence electrons. The maximum Gasteiger partial charge on any atom is 0.336 e. The number of halogens is 1. The number of aromatic carboxylic acids is 1. The van der Waals surface area contributed by atoms with Crippen molar-refractivity contribution in [2.75, 3.05) is 0 Å². The number of aromatic amines is 1. The lowest BCUT2D eigenvalue weighted by Crippen LogP contribution is -2.00. The van der Waals surface area contributed by atoms with E-state index in [2.05, 4.69) is 35.9 Å². The number of benzene rings is 3. The van der Waals surface area contributed by atoms with Crippen LogP contribution in [-0.4, -0.2) is 21.0 Å². The number of carboxylic acid groups (broad SMARTS) is 1. The predicted octanol–water partition coefficient (Wildman–Crippen LogP) is 6.81. The Hall–Kier alpha value is -3.31. The van der Waals surface area contributed by atoms with Crippen LogP contribution in [0.1, 0.15) is 41.3 Å². The number of hydrogen-bond donors (Lipinski definition) is 2. The molecule has 6 heteroatoms. The highest BCUT2D eigenvalue weighted by Crippen LogP contribution is 2.34. The number of ether oxygens (including phenoxy) is 1. The third-order valence-electron chi connectivity index (χ3n) is 5.07. The van der Waals surface area contributed by atoms with Crippen LogP contribution in [0, 0.1) is 6.92 Å². The molecule has 0 bridgehead atoms. The zero-order chi connectivity index (χ0) is 21.4. The number of carboxylic acids is 1. The molecule has 0 atom stereocenters. The summed E-state index contributed by atoms with van der Waals surface area (Å²) in [6.45, 7) is 6.05. The minimum absolute atomic E-state index is 0.193. The van der Waals surface area contributed by atoms with Gasteiger partial charge in [0, 0.05) is 5.56 Å². The summed E-state index contributed by atoms with van der Waals surface area (Å²) in [5, 5.41) is 9.91. The van der Waals surface area contributed by atoms with Crippen molar-refractivity contribution in [2.45, 2.75) is 26.7 Å². The summed E-state index contributed by atoms with van der Waals surface area (Å²) < 4.78 is 5.77. The second-order valence-corrected chi connectivity index (χ2v) is 7.96. The van der Waals surface area contributed by atoms with E-state index < -0.39 is 5.97 Å². The molecule has 0 radical (unpaired) electrons. The van der Waals surface area contributed by atoms with E-state index in [1.807, 2.05) is 24.3 Å². The topological polar surface area (TPSA) is 75.2 Å². The van der Waals surface area contributed by atoms with Gasteiger partial charge in [-0.15, -0.1) is 0 Å². The largest absolute Gasteiger partial charge is 0.478 e. The Morgan fingerprint density at radius 2 is 1.93 bits per heavy atom. The zero-order valence-corrected chi connectivity index (χ0v) is 17.6. The number of nitrogens with zero attached hydrogens (tertiary/aromatic N) is 1. The fourth-order valence-corrected chi connectivity index (χ4v) is 3.62. The first-order valence-corrected chi connectivity index (χ1v) is 10.0. The molecule has 0 amide bonds. The lowest BCUT2D eigenvalue weighted by atomic mass is 9.97. The van der Waals surface area contributed by atoms with Crippen LogP contribution < -0.4 is 4.74 Å². The van der Waals surface area contributed by atoms with E-state index in [-0.39, 0.29) is 11.6 Å². The van der Waals surface area contributed by atoms with Crippen LogP contribution in [0.25, 0.3) is 22.2 Å². The Kier molecular flexibility index (Phi) is 5.22. The molecule has 0 aliphatic rings. The number of imidazole rings is 1. The summed E-state index contributed by atoms with van der Waals surface area (Å²) in [6.07, 6.45) is 0. The highest BCUT2D eigenvalue weighted by atomic mass is 35.5. The van der Waals surface area contributed by atoms with Gasteiger partial charge in [0.2, 0.25) is 0 Å². The Bertz CT molecular complexity index is 1260. The van der Waals surface area contributed by atoms with Gasteiger partial charge in [0.05, 0.1) is 21.6 Å². The first kappa shape index (κ1) is 20.0. The number of fused-ring (bicyclic) bond motifs is 1. The lowest BCUT2D eigenvalue weighted by molar-refractivity contribution is 0.0695. The normalized spacial score (nSPS) is 11.2. The van der Waals surface area contributed by atoms with Gasteiger partial charge in [-0.1, -0.05) is 55.8 Å². The molecule has 1 aromatic heterocycles. The van der Waals surface area contributed by atoms with E-state index in [1.54, 1.807) is 19.1 Å². The van der Waals surface area contributed by atoms with Gasteiger partial charge in [-0.05, 0) is 53.8 Å². The van der Waals surface area contributed by atoms with Crippen molar-refractivity contribution in [1.82, 2.24) is 9.97 Å². The van der Waals surface area contributed by atoms with Crippen LogP contribution in [-0.2, 0) is 0 Å². The van der Waals surface area contributed by atoms with Crippen LogP contribution in [0.4, 0.5) is 0 Å². The highest BCUT2D eigenvalue weighted by molar-refractivity contribution is 6.34. The first-order valence-electron chi connectivity index (χ1n) is 9.63.